The summed E-state index contributed by atoms with van der Waals surface area (Å²) in [5, 5.41) is 0. The molecular weight excluding hydrogens is 371 g/mol. The third kappa shape index (κ3) is 3.70. The van der Waals surface area contributed by atoms with Crippen LogP contribution in [-0.2, 0) is 6.42 Å². The second kappa shape index (κ2) is 7.36. The SMILES string of the molecule is CCc1cc(-c2ccccc2)cc(-c2ccccc2)[o+]1.[I-]. The highest BCUT2D eigenvalue weighted by Crippen LogP contribution is 2.28. The molecule has 3 aromatic rings. The highest BCUT2D eigenvalue weighted by Gasteiger charge is 2.17. The van der Waals surface area contributed by atoms with Crippen LogP contribution in [0, 0.1) is 0 Å². The standard InChI is InChI=1S/C19H17O.HI/c1-2-18-13-17(15-9-5-3-6-10-15)14-19(20-18)16-11-7-4-8-12-16;/h3-14H,2H2,1H3;1H/q+1;/p-1. The fraction of sp³-hybridized carbons (Fsp3) is 0.105. The maximum atomic E-state index is 5.97. The molecule has 1 nitrogen and oxygen atoms in total. The van der Waals surface area contributed by atoms with Crippen LogP contribution in [0.4, 0.5) is 0 Å². The van der Waals surface area contributed by atoms with Gasteiger partial charge in [0.1, 0.15) is 0 Å². The van der Waals surface area contributed by atoms with Crippen molar-refractivity contribution in [1.29, 1.82) is 0 Å². The molecule has 0 saturated carbocycles. The van der Waals surface area contributed by atoms with Crippen LogP contribution in [-0.4, -0.2) is 0 Å². The van der Waals surface area contributed by atoms with Gasteiger partial charge in [-0.3, -0.25) is 0 Å². The van der Waals surface area contributed by atoms with E-state index in [2.05, 4.69) is 55.5 Å². The lowest BCUT2D eigenvalue weighted by Gasteiger charge is -2.00. The van der Waals surface area contributed by atoms with Gasteiger partial charge in [-0.05, 0) is 17.7 Å². The number of rotatable bonds is 3. The van der Waals surface area contributed by atoms with Crippen molar-refractivity contribution >= 4 is 0 Å². The quantitative estimate of drug-likeness (QED) is 0.496. The number of hydrogen-bond donors (Lipinski definition) is 0. The lowest BCUT2D eigenvalue weighted by atomic mass is 10.0. The van der Waals surface area contributed by atoms with Gasteiger partial charge in [0.25, 0.3) is 0 Å². The van der Waals surface area contributed by atoms with E-state index in [-0.39, 0.29) is 24.0 Å². The molecule has 21 heavy (non-hydrogen) atoms. The number of halogens is 1. The molecule has 0 spiro atoms. The minimum Gasteiger partial charge on any atom is -1.00 e. The van der Waals surface area contributed by atoms with Gasteiger partial charge in [0, 0.05) is 11.6 Å². The Kier molecular flexibility index (Phi) is 5.51. The highest BCUT2D eigenvalue weighted by molar-refractivity contribution is 5.69. The van der Waals surface area contributed by atoms with E-state index in [9.17, 15) is 0 Å². The predicted molar refractivity (Wildman–Crippen MR) is 83.4 cm³/mol. The second-order valence-corrected chi connectivity index (χ2v) is 4.76. The van der Waals surface area contributed by atoms with Gasteiger partial charge in [-0.25, -0.2) is 4.42 Å². The summed E-state index contributed by atoms with van der Waals surface area (Å²) in [7, 11) is 0. The van der Waals surface area contributed by atoms with E-state index in [1.165, 1.54) is 11.1 Å². The Labute approximate surface area is 142 Å². The molecular formula is C19H17IO. The van der Waals surface area contributed by atoms with Gasteiger partial charge in [-0.1, -0.05) is 55.5 Å². The van der Waals surface area contributed by atoms with Gasteiger partial charge >= 0.3 is 11.5 Å². The summed E-state index contributed by atoms with van der Waals surface area (Å²) in [4.78, 5) is 0. The topological polar surface area (TPSA) is 11.3 Å². The monoisotopic (exact) mass is 388 g/mol. The number of hydrogen-bond acceptors (Lipinski definition) is 0. The molecule has 0 bridgehead atoms. The molecule has 0 radical (unpaired) electrons. The molecule has 0 saturated heterocycles. The van der Waals surface area contributed by atoms with E-state index >= 15 is 0 Å². The van der Waals surface area contributed by atoms with Crippen molar-refractivity contribution in [3.8, 4) is 22.5 Å². The van der Waals surface area contributed by atoms with Crippen LogP contribution in [0.5, 0.6) is 0 Å². The Hall–Kier alpha value is -1.68. The average Bonchev–Trinajstić information content (AvgIpc) is 2.56. The second-order valence-electron chi connectivity index (χ2n) is 4.76. The first kappa shape index (κ1) is 15.7. The summed E-state index contributed by atoms with van der Waals surface area (Å²) in [6.45, 7) is 2.11. The summed E-state index contributed by atoms with van der Waals surface area (Å²) >= 11 is 0. The van der Waals surface area contributed by atoms with Gasteiger partial charge in [0.05, 0.1) is 18.1 Å². The molecule has 1 heterocycles. The van der Waals surface area contributed by atoms with Crippen LogP contribution in [0.2, 0.25) is 0 Å². The molecule has 0 aliphatic rings. The summed E-state index contributed by atoms with van der Waals surface area (Å²) in [6.07, 6.45) is 0.889. The Morgan fingerprint density at radius 3 is 1.86 bits per heavy atom. The van der Waals surface area contributed by atoms with Crippen molar-refractivity contribution in [2.75, 3.05) is 0 Å². The van der Waals surface area contributed by atoms with Crippen molar-refractivity contribution in [1.82, 2.24) is 0 Å². The zero-order valence-electron chi connectivity index (χ0n) is 11.9. The summed E-state index contributed by atoms with van der Waals surface area (Å²) in [6, 6.07) is 24.9. The fourth-order valence-electron chi connectivity index (χ4n) is 2.27. The Balaban J connectivity index is 0.00000161. The molecule has 0 aliphatic heterocycles. The lowest BCUT2D eigenvalue weighted by Crippen LogP contribution is -3.00. The van der Waals surface area contributed by atoms with Crippen LogP contribution in [0.1, 0.15) is 12.7 Å². The third-order valence-electron chi connectivity index (χ3n) is 3.36. The number of aryl methyl sites for hydroxylation is 1. The normalized spacial score (nSPS) is 9.95. The summed E-state index contributed by atoms with van der Waals surface area (Å²) in [5.74, 6) is 1.93. The molecule has 2 heteroatoms. The molecule has 0 aliphatic carbocycles. The van der Waals surface area contributed by atoms with E-state index in [1.54, 1.807) is 0 Å². The zero-order chi connectivity index (χ0) is 13.8. The molecule has 106 valence electrons. The fourth-order valence-corrected chi connectivity index (χ4v) is 2.27. The van der Waals surface area contributed by atoms with E-state index < -0.39 is 0 Å². The molecule has 0 fully saturated rings. The molecule has 0 amide bonds. The van der Waals surface area contributed by atoms with Gasteiger partial charge < -0.3 is 24.0 Å². The summed E-state index contributed by atoms with van der Waals surface area (Å²) in [5.41, 5.74) is 3.53. The predicted octanol–water partition coefficient (Wildman–Crippen LogP) is 2.46. The van der Waals surface area contributed by atoms with Crippen molar-refractivity contribution in [3.63, 3.8) is 0 Å². The minimum atomic E-state index is 0. The number of benzene rings is 2. The van der Waals surface area contributed by atoms with Crippen LogP contribution >= 0.6 is 0 Å². The van der Waals surface area contributed by atoms with Crippen LogP contribution in [0.25, 0.3) is 22.5 Å². The van der Waals surface area contributed by atoms with E-state index in [0.29, 0.717) is 0 Å². The third-order valence-corrected chi connectivity index (χ3v) is 3.36. The largest absolute Gasteiger partial charge is 1.00 e. The maximum Gasteiger partial charge on any atom is 0.360 e. The van der Waals surface area contributed by atoms with Gasteiger partial charge in [0.2, 0.25) is 0 Å². The van der Waals surface area contributed by atoms with Crippen molar-refractivity contribution in [2.24, 2.45) is 0 Å². The molecule has 0 atom stereocenters. The average molecular weight is 388 g/mol. The molecule has 3 rings (SSSR count). The molecule has 2 aromatic carbocycles. The molecule has 0 unspecified atom stereocenters. The van der Waals surface area contributed by atoms with Gasteiger partial charge in [-0.2, -0.15) is 0 Å². The zero-order valence-corrected chi connectivity index (χ0v) is 14.1. The van der Waals surface area contributed by atoms with Crippen LogP contribution in [0.3, 0.4) is 0 Å². The lowest BCUT2D eigenvalue weighted by molar-refractivity contribution is -0.00000454. The highest BCUT2D eigenvalue weighted by atomic mass is 127. The van der Waals surface area contributed by atoms with E-state index in [0.717, 1.165) is 23.5 Å². The minimum absolute atomic E-state index is 0. The van der Waals surface area contributed by atoms with Gasteiger partial charge in [-0.15, -0.1) is 0 Å². The van der Waals surface area contributed by atoms with E-state index in [4.69, 9.17) is 4.42 Å². The molecule has 1 aromatic heterocycles. The Morgan fingerprint density at radius 1 is 0.714 bits per heavy atom. The van der Waals surface area contributed by atoms with Crippen molar-refractivity contribution < 1.29 is 28.4 Å². The van der Waals surface area contributed by atoms with Crippen molar-refractivity contribution in [3.05, 3.63) is 78.6 Å². The summed E-state index contributed by atoms with van der Waals surface area (Å²) < 4.78 is 5.97. The molecule has 0 N–H and O–H groups in total. The first-order valence-corrected chi connectivity index (χ1v) is 6.94. The van der Waals surface area contributed by atoms with E-state index in [1.807, 2.05) is 24.3 Å². The van der Waals surface area contributed by atoms with Crippen LogP contribution in [0.15, 0.2) is 77.2 Å². The Bertz CT molecular complexity index is 636. The first-order valence-electron chi connectivity index (χ1n) is 6.94. The maximum absolute atomic E-state index is 5.97. The van der Waals surface area contributed by atoms with Crippen LogP contribution < -0.4 is 24.0 Å². The van der Waals surface area contributed by atoms with Crippen molar-refractivity contribution in [2.45, 2.75) is 13.3 Å². The Morgan fingerprint density at radius 2 is 1.29 bits per heavy atom. The smallest absolute Gasteiger partial charge is 0.360 e. The first-order chi connectivity index (χ1) is 9.86. The van der Waals surface area contributed by atoms with Gasteiger partial charge in [0.15, 0.2) is 0 Å².